The number of pyridine rings is 3. The van der Waals surface area contributed by atoms with Crippen molar-refractivity contribution < 1.29 is 23.0 Å². The fraction of sp³-hybridized carbons (Fsp3) is 0.200. The van der Waals surface area contributed by atoms with Gasteiger partial charge in [0.15, 0.2) is 0 Å². The lowest BCUT2D eigenvalue weighted by molar-refractivity contribution is 0.102. The summed E-state index contributed by atoms with van der Waals surface area (Å²) in [7, 11) is 1.36. The lowest BCUT2D eigenvalue weighted by atomic mass is 10.00. The first-order chi connectivity index (χ1) is 18.4. The van der Waals surface area contributed by atoms with Gasteiger partial charge in [0, 0.05) is 52.5 Å². The van der Waals surface area contributed by atoms with Gasteiger partial charge in [0.05, 0.1) is 18.9 Å². The summed E-state index contributed by atoms with van der Waals surface area (Å²) < 4.78 is 38.1. The molecule has 4 heterocycles. The minimum Gasteiger partial charge on any atom is -0.494 e. The molecule has 5 rings (SSSR count). The molecular formula is C25H17ClF2N6O3S. The van der Waals surface area contributed by atoms with E-state index in [0.717, 1.165) is 23.7 Å². The van der Waals surface area contributed by atoms with Gasteiger partial charge in [0.2, 0.25) is 16.9 Å². The minimum atomic E-state index is -2.85. The van der Waals surface area contributed by atoms with Crippen LogP contribution in [-0.2, 0) is 0 Å². The third-order valence-electron chi connectivity index (χ3n) is 5.63. The van der Waals surface area contributed by atoms with Gasteiger partial charge < -0.3 is 9.47 Å². The Bertz CT molecular complexity index is 1560. The Morgan fingerprint density at radius 3 is 2.71 bits per heavy atom. The molecule has 9 nitrogen and oxygen atoms in total. The lowest BCUT2D eigenvalue weighted by Gasteiger charge is -2.15. The quantitative estimate of drug-likeness (QED) is 0.273. The van der Waals surface area contributed by atoms with Crippen LogP contribution in [0.1, 0.15) is 39.8 Å². The molecule has 0 spiro atoms. The van der Waals surface area contributed by atoms with Gasteiger partial charge in [-0.25, -0.2) is 18.7 Å². The molecule has 1 aliphatic carbocycles. The van der Waals surface area contributed by atoms with Crippen LogP contribution in [0.15, 0.2) is 42.9 Å². The predicted molar refractivity (Wildman–Crippen MR) is 136 cm³/mol. The first-order valence-corrected chi connectivity index (χ1v) is 12.3. The molecular weight excluding hydrogens is 538 g/mol. The highest BCUT2D eigenvalue weighted by molar-refractivity contribution is 7.15. The smallest absolute Gasteiger partial charge is 0.280 e. The van der Waals surface area contributed by atoms with Crippen LogP contribution in [0.3, 0.4) is 0 Å². The normalized spacial score (nSPS) is 16.1. The van der Waals surface area contributed by atoms with Crippen LogP contribution < -0.4 is 14.8 Å². The number of alkyl halides is 2. The molecule has 2 atom stereocenters. The summed E-state index contributed by atoms with van der Waals surface area (Å²) in [5, 5.41) is 12.2. The van der Waals surface area contributed by atoms with Crippen molar-refractivity contribution in [1.82, 2.24) is 25.1 Å². The van der Waals surface area contributed by atoms with E-state index in [1.807, 2.05) is 0 Å². The van der Waals surface area contributed by atoms with Gasteiger partial charge in [-0.05, 0) is 18.6 Å². The van der Waals surface area contributed by atoms with Crippen LogP contribution in [0, 0.1) is 18.3 Å². The van der Waals surface area contributed by atoms with Gasteiger partial charge in [-0.3, -0.25) is 15.1 Å². The van der Waals surface area contributed by atoms with E-state index in [2.05, 4.69) is 36.4 Å². The number of halogens is 3. The Morgan fingerprint density at radius 1 is 1.18 bits per heavy atom. The number of hydrogen-bond donors (Lipinski definition) is 1. The summed E-state index contributed by atoms with van der Waals surface area (Å²) in [4.78, 5) is 25.3. The van der Waals surface area contributed by atoms with Crippen LogP contribution in [0.4, 0.5) is 13.9 Å². The van der Waals surface area contributed by atoms with Gasteiger partial charge >= 0.3 is 0 Å². The number of rotatable bonds is 8. The number of anilines is 1. The Hall–Kier alpha value is -4.21. The zero-order valence-corrected chi connectivity index (χ0v) is 21.1. The average Bonchev–Trinajstić information content (AvgIpc) is 3.57. The summed E-state index contributed by atoms with van der Waals surface area (Å²) in [6.07, 6.45) is 7.30. The van der Waals surface area contributed by atoms with Gasteiger partial charge in [-0.2, -0.15) is 0 Å². The topological polar surface area (TPSA) is 112 Å². The lowest BCUT2D eigenvalue weighted by Crippen LogP contribution is -2.14. The van der Waals surface area contributed by atoms with Crippen molar-refractivity contribution >= 4 is 34.0 Å². The number of terminal acetylenes is 1. The van der Waals surface area contributed by atoms with Crippen molar-refractivity contribution in [2.45, 2.75) is 18.8 Å². The standard InChI is InChI=1S/C25H17ClF2N6O3S/c1-3-12-6-14(12)24-33-34-25(38-24)32-23(35)17-10-31-21(37-20-7-13(26)4-5-29-20)9-15(17)16-8-18(22(27)28)30-11-19(16)36-2/h1,4-5,7-12,14,22H,6H2,2H3,(H,32,34,35)/t12-,14?/m0/s1. The Morgan fingerprint density at radius 2 is 2.00 bits per heavy atom. The molecule has 0 saturated heterocycles. The molecule has 38 heavy (non-hydrogen) atoms. The molecule has 0 radical (unpaired) electrons. The van der Waals surface area contributed by atoms with E-state index in [9.17, 15) is 13.6 Å². The van der Waals surface area contributed by atoms with Gasteiger partial charge in [-0.1, -0.05) is 22.9 Å². The molecule has 1 amide bonds. The third kappa shape index (κ3) is 5.39. The van der Waals surface area contributed by atoms with Crippen molar-refractivity contribution in [2.75, 3.05) is 12.4 Å². The number of hydrogen-bond acceptors (Lipinski definition) is 9. The minimum absolute atomic E-state index is 0.0380. The predicted octanol–water partition coefficient (Wildman–Crippen LogP) is 5.77. The van der Waals surface area contributed by atoms with Gasteiger partial charge in [0.1, 0.15) is 16.5 Å². The number of amides is 1. The first-order valence-electron chi connectivity index (χ1n) is 11.1. The fourth-order valence-electron chi connectivity index (χ4n) is 3.65. The van der Waals surface area contributed by atoms with E-state index in [-0.39, 0.29) is 51.2 Å². The average molecular weight is 555 g/mol. The Labute approximate surface area is 224 Å². The zero-order valence-electron chi connectivity index (χ0n) is 19.6. The van der Waals surface area contributed by atoms with Crippen LogP contribution in [0.25, 0.3) is 11.1 Å². The Kier molecular flexibility index (Phi) is 7.13. The summed E-state index contributed by atoms with van der Waals surface area (Å²) in [5.74, 6) is 2.69. The third-order valence-corrected chi connectivity index (χ3v) is 6.84. The van der Waals surface area contributed by atoms with E-state index < -0.39 is 18.0 Å². The highest BCUT2D eigenvalue weighted by Gasteiger charge is 2.39. The molecule has 4 aromatic heterocycles. The summed E-state index contributed by atoms with van der Waals surface area (Å²) in [6, 6.07) is 5.61. The summed E-state index contributed by atoms with van der Waals surface area (Å²) >= 11 is 7.22. The number of aromatic nitrogens is 5. The summed E-state index contributed by atoms with van der Waals surface area (Å²) in [5.41, 5.74) is -0.0629. The molecule has 1 N–H and O–H groups in total. The largest absolute Gasteiger partial charge is 0.494 e. The van der Waals surface area contributed by atoms with Crippen molar-refractivity contribution in [1.29, 1.82) is 0 Å². The molecule has 4 aromatic rings. The molecule has 0 aliphatic heterocycles. The number of carbonyl (C=O) groups is 1. The number of nitrogens with one attached hydrogen (secondary N) is 1. The van der Waals surface area contributed by atoms with Crippen molar-refractivity contribution in [3.8, 4) is 41.0 Å². The van der Waals surface area contributed by atoms with Crippen molar-refractivity contribution in [3.63, 3.8) is 0 Å². The maximum atomic E-state index is 13.5. The molecule has 0 aromatic carbocycles. The van der Waals surface area contributed by atoms with Gasteiger partial charge in [0.25, 0.3) is 12.3 Å². The Balaban J connectivity index is 1.52. The molecule has 192 valence electrons. The first kappa shape index (κ1) is 25.4. The maximum absolute atomic E-state index is 13.5. The maximum Gasteiger partial charge on any atom is 0.280 e. The number of carbonyl (C=O) groups excluding carboxylic acids is 1. The van der Waals surface area contributed by atoms with Crippen molar-refractivity contribution in [2.24, 2.45) is 5.92 Å². The second-order valence-corrected chi connectivity index (χ2v) is 9.55. The van der Waals surface area contributed by atoms with Crippen LogP contribution in [0.2, 0.25) is 5.02 Å². The van der Waals surface area contributed by atoms with E-state index >= 15 is 0 Å². The second-order valence-electron chi connectivity index (χ2n) is 8.11. The number of methoxy groups -OCH3 is 1. The molecule has 0 bridgehead atoms. The highest BCUT2D eigenvalue weighted by Crippen LogP contribution is 2.48. The van der Waals surface area contributed by atoms with E-state index in [4.69, 9.17) is 27.5 Å². The highest BCUT2D eigenvalue weighted by atomic mass is 35.5. The summed E-state index contributed by atoms with van der Waals surface area (Å²) in [6.45, 7) is 0. The number of ether oxygens (including phenoxy) is 2. The van der Waals surface area contributed by atoms with Crippen LogP contribution in [-0.4, -0.2) is 38.2 Å². The van der Waals surface area contributed by atoms with E-state index in [1.54, 1.807) is 6.07 Å². The SMILES string of the molecule is C#C[C@H]1CC1c1nnc(NC(=O)c2cnc(Oc3cc(Cl)ccn3)cc2-c2cc(C(F)F)ncc2OC)s1. The fourth-order valence-corrected chi connectivity index (χ4v) is 4.71. The second kappa shape index (κ2) is 10.6. The zero-order chi connectivity index (χ0) is 26.8. The van der Waals surface area contributed by atoms with Crippen LogP contribution >= 0.6 is 22.9 Å². The van der Waals surface area contributed by atoms with Crippen LogP contribution in [0.5, 0.6) is 17.5 Å². The molecule has 1 saturated carbocycles. The molecule has 1 fully saturated rings. The number of nitrogens with zero attached hydrogens (tertiary/aromatic N) is 5. The molecule has 1 unspecified atom stereocenters. The van der Waals surface area contributed by atoms with Gasteiger partial charge in [-0.15, -0.1) is 22.5 Å². The van der Waals surface area contributed by atoms with E-state index in [1.165, 1.54) is 43.0 Å². The molecule has 13 heteroatoms. The van der Waals surface area contributed by atoms with E-state index in [0.29, 0.717) is 5.02 Å². The monoisotopic (exact) mass is 554 g/mol. The van der Waals surface area contributed by atoms with Crippen molar-refractivity contribution in [3.05, 3.63) is 64.1 Å². The molecule has 1 aliphatic rings.